The number of carbonyl (C=O) groups is 1. The quantitative estimate of drug-likeness (QED) is 0.582. The Kier molecular flexibility index (Phi) is 5.45. The fraction of sp³-hybridized carbons (Fsp3) is 0.929. The number of Topliss-reactive ketones (excluding diaryl/α,β-unsaturated/α-hetero) is 1. The van der Waals surface area contributed by atoms with Crippen molar-refractivity contribution < 1.29 is 9.69 Å². The number of nitrogens with one attached hydrogen (secondary N) is 1. The van der Waals surface area contributed by atoms with Crippen molar-refractivity contribution in [1.82, 2.24) is 0 Å². The van der Waals surface area contributed by atoms with E-state index in [9.17, 15) is 4.79 Å². The van der Waals surface area contributed by atoms with Crippen molar-refractivity contribution in [2.24, 2.45) is 17.6 Å². The lowest BCUT2D eigenvalue weighted by Gasteiger charge is -2.34. The van der Waals surface area contributed by atoms with Gasteiger partial charge in [-0.15, -0.1) is 0 Å². The van der Waals surface area contributed by atoms with Gasteiger partial charge in [0.2, 0.25) is 0 Å². The molecular formula is C14H26IN2O+. The van der Waals surface area contributed by atoms with E-state index in [4.69, 9.17) is 5.73 Å². The molecule has 2 aliphatic rings. The average molecular weight is 365 g/mol. The number of quaternary nitrogens is 1. The smallest absolute Gasteiger partial charge is 0.189 e. The molecular weight excluding hydrogens is 339 g/mol. The minimum Gasteiger partial charge on any atom is -0.314 e. The number of likely N-dealkylation sites (tertiary alicyclic amines) is 1. The van der Waals surface area contributed by atoms with Crippen LogP contribution in [0.2, 0.25) is 0 Å². The van der Waals surface area contributed by atoms with Crippen LogP contribution in [0.25, 0.3) is 0 Å². The van der Waals surface area contributed by atoms with Gasteiger partial charge < -0.3 is 4.90 Å². The molecule has 3 N–H and O–H groups in total. The number of halogens is 1. The van der Waals surface area contributed by atoms with Crippen molar-refractivity contribution in [3.63, 3.8) is 0 Å². The van der Waals surface area contributed by atoms with Gasteiger partial charge in [0.1, 0.15) is 12.7 Å². The van der Waals surface area contributed by atoms with Crippen LogP contribution in [0, 0.1) is 11.8 Å². The number of ketones is 1. The summed E-state index contributed by atoms with van der Waals surface area (Å²) in [6.07, 6.45) is 7.12. The number of hydrogen-bond donors (Lipinski definition) is 2. The van der Waals surface area contributed by atoms with Crippen molar-refractivity contribution in [2.75, 3.05) is 13.1 Å². The van der Waals surface area contributed by atoms with Crippen LogP contribution < -0.4 is 10.6 Å². The van der Waals surface area contributed by atoms with E-state index in [0.717, 1.165) is 35.6 Å². The summed E-state index contributed by atoms with van der Waals surface area (Å²) in [5.74, 6) is 1.52. The van der Waals surface area contributed by atoms with E-state index >= 15 is 0 Å². The molecule has 0 bridgehead atoms. The van der Waals surface area contributed by atoms with Crippen molar-refractivity contribution in [3.8, 4) is 0 Å². The summed E-state index contributed by atoms with van der Waals surface area (Å²) >= 11 is 2.51. The minimum atomic E-state index is 0.186. The molecule has 3 unspecified atom stereocenters. The Balaban J connectivity index is 1.82. The maximum atomic E-state index is 12.3. The minimum absolute atomic E-state index is 0.186. The summed E-state index contributed by atoms with van der Waals surface area (Å²) in [4.78, 5) is 13.7. The molecule has 4 heteroatoms. The molecule has 1 aliphatic carbocycles. The Labute approximate surface area is 124 Å². The highest BCUT2D eigenvalue weighted by molar-refractivity contribution is 14.1. The van der Waals surface area contributed by atoms with Gasteiger partial charge in [0.15, 0.2) is 5.78 Å². The van der Waals surface area contributed by atoms with Gasteiger partial charge in [0, 0.05) is 22.2 Å². The number of alkyl halides is 1. The average Bonchev–Trinajstić information content (AvgIpc) is 2.34. The summed E-state index contributed by atoms with van der Waals surface area (Å²) in [6.45, 7) is 4.02. The molecule has 0 amide bonds. The first kappa shape index (κ1) is 14.7. The Morgan fingerprint density at radius 3 is 2.56 bits per heavy atom. The molecule has 0 aromatic rings. The van der Waals surface area contributed by atoms with Gasteiger partial charge in [0.05, 0.1) is 6.54 Å². The predicted octanol–water partition coefficient (Wildman–Crippen LogP) is 1.15. The van der Waals surface area contributed by atoms with Gasteiger partial charge in [-0.2, -0.15) is 0 Å². The SMILES string of the molecule is CC1CCC(N)[NH+](CC(=O)C2CCC(I)CC2)C1. The third kappa shape index (κ3) is 3.90. The first-order valence-electron chi connectivity index (χ1n) is 7.33. The van der Waals surface area contributed by atoms with Crippen LogP contribution in [0.15, 0.2) is 0 Å². The second kappa shape index (κ2) is 6.66. The molecule has 1 heterocycles. The lowest BCUT2D eigenvalue weighted by Crippen LogP contribution is -3.19. The molecule has 0 aromatic heterocycles. The van der Waals surface area contributed by atoms with Gasteiger partial charge in [0.25, 0.3) is 0 Å². The highest BCUT2D eigenvalue weighted by Crippen LogP contribution is 2.29. The van der Waals surface area contributed by atoms with E-state index in [1.807, 2.05) is 0 Å². The van der Waals surface area contributed by atoms with Gasteiger partial charge in [-0.25, -0.2) is 0 Å². The van der Waals surface area contributed by atoms with Crippen molar-refractivity contribution in [1.29, 1.82) is 0 Å². The van der Waals surface area contributed by atoms with E-state index in [1.165, 1.54) is 24.2 Å². The van der Waals surface area contributed by atoms with Crippen molar-refractivity contribution in [2.45, 2.75) is 55.5 Å². The molecule has 0 radical (unpaired) electrons. The Bertz CT molecular complexity index is 290. The van der Waals surface area contributed by atoms with Crippen LogP contribution in [-0.4, -0.2) is 29.0 Å². The van der Waals surface area contributed by atoms with Crippen LogP contribution in [0.4, 0.5) is 0 Å². The fourth-order valence-corrected chi connectivity index (χ4v) is 4.03. The van der Waals surface area contributed by atoms with Gasteiger partial charge in [-0.1, -0.05) is 29.5 Å². The van der Waals surface area contributed by atoms with Gasteiger partial charge in [-0.3, -0.25) is 10.5 Å². The summed E-state index contributed by atoms with van der Waals surface area (Å²) < 4.78 is 0.788. The molecule has 0 aromatic carbocycles. The predicted molar refractivity (Wildman–Crippen MR) is 81.8 cm³/mol. The van der Waals surface area contributed by atoms with Crippen LogP contribution in [0.3, 0.4) is 0 Å². The van der Waals surface area contributed by atoms with Gasteiger partial charge in [-0.05, 0) is 32.1 Å². The second-order valence-electron chi connectivity index (χ2n) is 6.24. The van der Waals surface area contributed by atoms with E-state index < -0.39 is 0 Å². The first-order valence-corrected chi connectivity index (χ1v) is 8.57. The van der Waals surface area contributed by atoms with Crippen LogP contribution in [0.1, 0.15) is 45.4 Å². The molecule has 0 spiro atoms. The van der Waals surface area contributed by atoms with Gasteiger partial charge >= 0.3 is 0 Å². The van der Waals surface area contributed by atoms with Crippen molar-refractivity contribution in [3.05, 3.63) is 0 Å². The normalized spacial score (nSPS) is 41.6. The van der Waals surface area contributed by atoms with E-state index in [1.54, 1.807) is 0 Å². The zero-order valence-electron chi connectivity index (χ0n) is 11.3. The largest absolute Gasteiger partial charge is 0.314 e. The van der Waals surface area contributed by atoms with Crippen LogP contribution in [0.5, 0.6) is 0 Å². The monoisotopic (exact) mass is 365 g/mol. The van der Waals surface area contributed by atoms with E-state index in [-0.39, 0.29) is 6.17 Å². The fourth-order valence-electron chi connectivity index (χ4n) is 3.32. The lowest BCUT2D eigenvalue weighted by atomic mass is 9.85. The molecule has 104 valence electrons. The van der Waals surface area contributed by atoms with E-state index in [2.05, 4.69) is 29.5 Å². The molecule has 2 fully saturated rings. The second-order valence-corrected chi connectivity index (χ2v) is 8.00. The lowest BCUT2D eigenvalue weighted by molar-refractivity contribution is -0.926. The summed E-state index contributed by atoms with van der Waals surface area (Å²) in [5.41, 5.74) is 6.15. The highest BCUT2D eigenvalue weighted by Gasteiger charge is 2.32. The number of rotatable bonds is 3. The van der Waals surface area contributed by atoms with E-state index in [0.29, 0.717) is 18.2 Å². The molecule has 1 aliphatic heterocycles. The zero-order valence-corrected chi connectivity index (χ0v) is 13.5. The standard InChI is InChI=1S/C14H25IN2O/c1-10-2-7-14(16)17(8-10)9-13(18)11-3-5-12(15)6-4-11/h10-12,14H,2-9,16H2,1H3/p+1. The molecule has 3 atom stereocenters. The Morgan fingerprint density at radius 1 is 1.22 bits per heavy atom. The highest BCUT2D eigenvalue weighted by atomic mass is 127. The number of hydrogen-bond acceptors (Lipinski definition) is 2. The maximum Gasteiger partial charge on any atom is 0.189 e. The van der Waals surface area contributed by atoms with Crippen LogP contribution in [-0.2, 0) is 4.79 Å². The number of piperidine rings is 1. The third-order valence-corrected chi connectivity index (χ3v) is 5.86. The number of nitrogens with two attached hydrogens (primary N) is 1. The molecule has 3 nitrogen and oxygen atoms in total. The summed E-state index contributed by atoms with van der Waals surface area (Å²) in [7, 11) is 0. The topological polar surface area (TPSA) is 47.5 Å². The Hall–Kier alpha value is 0.320. The van der Waals surface area contributed by atoms with Crippen molar-refractivity contribution >= 4 is 28.4 Å². The molecule has 2 rings (SSSR count). The summed E-state index contributed by atoms with van der Waals surface area (Å²) in [6, 6.07) is 0. The third-order valence-electron chi connectivity index (χ3n) is 4.62. The first-order chi connectivity index (χ1) is 8.56. The number of carbonyl (C=O) groups excluding carboxylic acids is 1. The zero-order chi connectivity index (χ0) is 13.1. The van der Waals surface area contributed by atoms with Crippen LogP contribution >= 0.6 is 22.6 Å². The Morgan fingerprint density at radius 2 is 1.89 bits per heavy atom. The molecule has 18 heavy (non-hydrogen) atoms. The molecule has 1 saturated carbocycles. The molecule has 1 saturated heterocycles. The maximum absolute atomic E-state index is 12.3. The summed E-state index contributed by atoms with van der Waals surface area (Å²) in [5, 5.41) is 0.